The lowest BCUT2D eigenvalue weighted by atomic mass is 10.1. The van der Waals surface area contributed by atoms with Crippen molar-refractivity contribution in [3.05, 3.63) is 23.6 Å². The Kier molecular flexibility index (Phi) is 5.44. The Labute approximate surface area is 153 Å². The van der Waals surface area contributed by atoms with Crippen LogP contribution < -0.4 is 14.8 Å². The number of hydrogen-bond donors (Lipinski definition) is 1. The van der Waals surface area contributed by atoms with E-state index in [9.17, 15) is 9.59 Å². The van der Waals surface area contributed by atoms with Crippen LogP contribution in [-0.2, 0) is 9.59 Å². The molecule has 2 heterocycles. The van der Waals surface area contributed by atoms with E-state index in [1.54, 1.807) is 14.2 Å². The van der Waals surface area contributed by atoms with Crippen LogP contribution in [0.25, 0.3) is 11.3 Å². The number of rotatable bonds is 6. The maximum absolute atomic E-state index is 12.1. The molecule has 0 bridgehead atoms. The molecule has 2 aromatic rings. The van der Waals surface area contributed by atoms with E-state index in [0.717, 1.165) is 5.56 Å². The van der Waals surface area contributed by atoms with Gasteiger partial charge in [-0.15, -0.1) is 23.1 Å². The monoisotopic (exact) mass is 379 g/mol. The molecule has 2 amide bonds. The number of aromatic nitrogens is 1. The Balaban J connectivity index is 1.72. The van der Waals surface area contributed by atoms with Crippen molar-refractivity contribution in [3.8, 4) is 22.8 Å². The normalized spacial score (nSPS) is 13.8. The first-order chi connectivity index (χ1) is 12.1. The summed E-state index contributed by atoms with van der Waals surface area (Å²) in [6.45, 7) is 0.0449. The zero-order valence-electron chi connectivity index (χ0n) is 13.8. The van der Waals surface area contributed by atoms with Crippen molar-refractivity contribution in [2.24, 2.45) is 0 Å². The SMILES string of the molecule is COc1ccc(OC)c(-c2csc(NC(=O)CN3CSCC3=O)n2)c1. The molecular weight excluding hydrogens is 362 g/mol. The molecule has 0 radical (unpaired) electrons. The predicted molar refractivity (Wildman–Crippen MR) is 98.3 cm³/mol. The number of anilines is 1. The number of carbonyl (C=O) groups excluding carboxylic acids is 2. The quantitative estimate of drug-likeness (QED) is 0.830. The second kappa shape index (κ2) is 7.75. The summed E-state index contributed by atoms with van der Waals surface area (Å²) in [7, 11) is 3.18. The Morgan fingerprint density at radius 3 is 2.88 bits per heavy atom. The molecule has 0 aliphatic carbocycles. The van der Waals surface area contributed by atoms with E-state index in [0.29, 0.717) is 34.0 Å². The van der Waals surface area contributed by atoms with Crippen molar-refractivity contribution < 1.29 is 19.1 Å². The summed E-state index contributed by atoms with van der Waals surface area (Å²) in [4.78, 5) is 29.6. The van der Waals surface area contributed by atoms with Gasteiger partial charge in [-0.25, -0.2) is 4.98 Å². The van der Waals surface area contributed by atoms with Crippen molar-refractivity contribution in [2.75, 3.05) is 37.7 Å². The van der Waals surface area contributed by atoms with Gasteiger partial charge in [-0.3, -0.25) is 9.59 Å². The number of ether oxygens (including phenoxy) is 2. The molecular formula is C16H17N3O4S2. The fraction of sp³-hybridized carbons (Fsp3) is 0.312. The Morgan fingerprint density at radius 1 is 1.36 bits per heavy atom. The molecule has 0 atom stereocenters. The van der Waals surface area contributed by atoms with Crippen LogP contribution in [0.5, 0.6) is 11.5 Å². The van der Waals surface area contributed by atoms with Gasteiger partial charge in [-0.05, 0) is 18.2 Å². The van der Waals surface area contributed by atoms with Crippen LogP contribution in [0, 0.1) is 0 Å². The van der Waals surface area contributed by atoms with Crippen molar-refractivity contribution in [2.45, 2.75) is 0 Å². The number of nitrogens with zero attached hydrogens (tertiary/aromatic N) is 2. The third kappa shape index (κ3) is 4.05. The molecule has 0 unspecified atom stereocenters. The summed E-state index contributed by atoms with van der Waals surface area (Å²) < 4.78 is 10.6. The molecule has 1 aliphatic rings. The van der Waals surface area contributed by atoms with Gasteiger partial charge in [-0.1, -0.05) is 0 Å². The number of thiazole rings is 1. The van der Waals surface area contributed by atoms with Crippen LogP contribution >= 0.6 is 23.1 Å². The average Bonchev–Trinajstić information content (AvgIpc) is 3.23. The minimum atomic E-state index is -0.255. The Morgan fingerprint density at radius 2 is 2.20 bits per heavy atom. The number of thioether (sulfide) groups is 1. The predicted octanol–water partition coefficient (Wildman–Crippen LogP) is 2.30. The summed E-state index contributed by atoms with van der Waals surface area (Å²) in [6.07, 6.45) is 0. The van der Waals surface area contributed by atoms with E-state index in [4.69, 9.17) is 9.47 Å². The van der Waals surface area contributed by atoms with Crippen molar-refractivity contribution in [1.82, 2.24) is 9.88 Å². The van der Waals surface area contributed by atoms with E-state index in [-0.39, 0.29) is 18.4 Å². The molecule has 1 fully saturated rings. The molecule has 0 saturated carbocycles. The van der Waals surface area contributed by atoms with E-state index in [2.05, 4.69) is 10.3 Å². The summed E-state index contributed by atoms with van der Waals surface area (Å²) >= 11 is 2.82. The van der Waals surface area contributed by atoms with Gasteiger partial charge in [0.1, 0.15) is 18.0 Å². The molecule has 132 valence electrons. The van der Waals surface area contributed by atoms with Gasteiger partial charge >= 0.3 is 0 Å². The molecule has 3 rings (SSSR count). The summed E-state index contributed by atoms with van der Waals surface area (Å²) in [6, 6.07) is 5.45. The highest BCUT2D eigenvalue weighted by atomic mass is 32.2. The minimum Gasteiger partial charge on any atom is -0.497 e. The number of nitrogens with one attached hydrogen (secondary N) is 1. The zero-order chi connectivity index (χ0) is 17.8. The number of hydrogen-bond acceptors (Lipinski definition) is 7. The van der Waals surface area contributed by atoms with E-state index in [1.807, 2.05) is 23.6 Å². The van der Waals surface area contributed by atoms with Crippen molar-refractivity contribution in [3.63, 3.8) is 0 Å². The Bertz CT molecular complexity index is 793. The van der Waals surface area contributed by atoms with E-state index < -0.39 is 0 Å². The molecule has 1 aromatic heterocycles. The van der Waals surface area contributed by atoms with Crippen molar-refractivity contribution >= 4 is 40.0 Å². The maximum atomic E-state index is 12.1. The van der Waals surface area contributed by atoms with Crippen LogP contribution in [0.15, 0.2) is 23.6 Å². The molecule has 1 aliphatic heterocycles. The van der Waals surface area contributed by atoms with E-state index >= 15 is 0 Å². The highest BCUT2D eigenvalue weighted by Gasteiger charge is 2.23. The summed E-state index contributed by atoms with van der Waals surface area (Å²) in [5.74, 6) is 2.08. The van der Waals surface area contributed by atoms with Gasteiger partial charge in [-0.2, -0.15) is 0 Å². The van der Waals surface area contributed by atoms with Gasteiger partial charge < -0.3 is 19.7 Å². The first-order valence-corrected chi connectivity index (χ1v) is 9.47. The second-order valence-electron chi connectivity index (χ2n) is 5.22. The van der Waals surface area contributed by atoms with Gasteiger partial charge in [0.05, 0.1) is 31.5 Å². The molecule has 1 saturated heterocycles. The first-order valence-electron chi connectivity index (χ1n) is 7.44. The summed E-state index contributed by atoms with van der Waals surface area (Å²) in [5, 5.41) is 5.05. The molecule has 1 N–H and O–H groups in total. The zero-order valence-corrected chi connectivity index (χ0v) is 15.4. The lowest BCUT2D eigenvalue weighted by molar-refractivity contribution is -0.130. The lowest BCUT2D eigenvalue weighted by Crippen LogP contribution is -2.34. The fourth-order valence-electron chi connectivity index (χ4n) is 2.34. The smallest absolute Gasteiger partial charge is 0.245 e. The molecule has 7 nitrogen and oxygen atoms in total. The van der Waals surface area contributed by atoms with Crippen LogP contribution in [-0.4, -0.2) is 54.1 Å². The van der Waals surface area contributed by atoms with Crippen LogP contribution in [0.4, 0.5) is 5.13 Å². The lowest BCUT2D eigenvalue weighted by Gasteiger charge is -2.13. The third-order valence-electron chi connectivity index (χ3n) is 3.59. The van der Waals surface area contributed by atoms with Gasteiger partial charge in [0.25, 0.3) is 0 Å². The number of carbonyl (C=O) groups is 2. The topological polar surface area (TPSA) is 80.8 Å². The number of methoxy groups -OCH3 is 2. The van der Waals surface area contributed by atoms with Gasteiger partial charge in [0.15, 0.2) is 5.13 Å². The van der Waals surface area contributed by atoms with Gasteiger partial charge in [0, 0.05) is 10.9 Å². The second-order valence-corrected chi connectivity index (χ2v) is 7.03. The third-order valence-corrected chi connectivity index (χ3v) is 5.30. The molecule has 0 spiro atoms. The first kappa shape index (κ1) is 17.6. The molecule has 1 aromatic carbocycles. The van der Waals surface area contributed by atoms with E-state index in [1.165, 1.54) is 28.0 Å². The molecule has 25 heavy (non-hydrogen) atoms. The number of benzene rings is 1. The highest BCUT2D eigenvalue weighted by molar-refractivity contribution is 8.00. The molecule has 9 heteroatoms. The van der Waals surface area contributed by atoms with Gasteiger partial charge in [0.2, 0.25) is 11.8 Å². The fourth-order valence-corrected chi connectivity index (χ4v) is 3.97. The number of amides is 2. The largest absolute Gasteiger partial charge is 0.497 e. The minimum absolute atomic E-state index is 0.0129. The average molecular weight is 379 g/mol. The maximum Gasteiger partial charge on any atom is 0.245 e. The highest BCUT2D eigenvalue weighted by Crippen LogP contribution is 2.35. The Hall–Kier alpha value is -2.26. The van der Waals surface area contributed by atoms with Crippen LogP contribution in [0.2, 0.25) is 0 Å². The summed E-state index contributed by atoms with van der Waals surface area (Å²) in [5.41, 5.74) is 1.47. The van der Waals surface area contributed by atoms with Crippen LogP contribution in [0.1, 0.15) is 0 Å². The van der Waals surface area contributed by atoms with Crippen LogP contribution in [0.3, 0.4) is 0 Å². The van der Waals surface area contributed by atoms with Crippen molar-refractivity contribution in [1.29, 1.82) is 0 Å². The standard InChI is InChI=1S/C16H17N3O4S2/c1-22-10-3-4-13(23-2)11(5-10)12-7-25-16(17-12)18-14(20)6-19-9-24-8-15(19)21/h3-5,7H,6,8-9H2,1-2H3,(H,17,18,20).